The summed E-state index contributed by atoms with van der Waals surface area (Å²) in [6.07, 6.45) is 2.17. The first kappa shape index (κ1) is 16.2. The van der Waals surface area contributed by atoms with Crippen LogP contribution in [0.4, 0.5) is 0 Å². The van der Waals surface area contributed by atoms with E-state index in [1.807, 2.05) is 5.51 Å². The zero-order valence-corrected chi connectivity index (χ0v) is 14.1. The van der Waals surface area contributed by atoms with E-state index in [-0.39, 0.29) is 0 Å². The maximum Gasteiger partial charge on any atom is 0.0794 e. The number of aryl methyl sites for hydroxylation is 1. The smallest absolute Gasteiger partial charge is 0.0794 e. The number of rotatable bonds is 8. The Kier molecular flexibility index (Phi) is 6.40. The van der Waals surface area contributed by atoms with E-state index < -0.39 is 0 Å². The number of hydrogen-bond donors (Lipinski definition) is 1. The maximum absolute atomic E-state index is 4.45. The average molecular weight is 302 g/mol. The SMILES string of the molecule is Cc1ccc(CC(CNCC(C)C)Cc2cscn2)cc1. The first-order chi connectivity index (χ1) is 10.1. The molecular formula is C18H26N2S. The molecule has 0 saturated carbocycles. The van der Waals surface area contributed by atoms with Crippen LogP contribution in [-0.4, -0.2) is 18.1 Å². The van der Waals surface area contributed by atoms with Gasteiger partial charge in [-0.3, -0.25) is 0 Å². The van der Waals surface area contributed by atoms with E-state index >= 15 is 0 Å². The van der Waals surface area contributed by atoms with Gasteiger partial charge in [0.25, 0.3) is 0 Å². The first-order valence-corrected chi connectivity index (χ1v) is 8.71. The van der Waals surface area contributed by atoms with Crippen molar-refractivity contribution in [3.8, 4) is 0 Å². The number of thiazole rings is 1. The van der Waals surface area contributed by atoms with Crippen LogP contribution >= 0.6 is 11.3 Å². The van der Waals surface area contributed by atoms with Crippen LogP contribution in [0.5, 0.6) is 0 Å². The largest absolute Gasteiger partial charge is 0.316 e. The fraction of sp³-hybridized carbons (Fsp3) is 0.500. The van der Waals surface area contributed by atoms with Gasteiger partial charge in [-0.1, -0.05) is 43.7 Å². The Bertz CT molecular complexity index is 503. The third-order valence-corrected chi connectivity index (χ3v) is 4.25. The van der Waals surface area contributed by atoms with Crippen molar-refractivity contribution in [2.75, 3.05) is 13.1 Å². The molecule has 1 aromatic carbocycles. The van der Waals surface area contributed by atoms with E-state index in [0.717, 1.165) is 25.9 Å². The van der Waals surface area contributed by atoms with Gasteiger partial charge >= 0.3 is 0 Å². The molecule has 2 rings (SSSR count). The van der Waals surface area contributed by atoms with Crippen molar-refractivity contribution >= 4 is 11.3 Å². The van der Waals surface area contributed by atoms with Gasteiger partial charge in [-0.05, 0) is 50.3 Å². The van der Waals surface area contributed by atoms with Gasteiger partial charge in [0.15, 0.2) is 0 Å². The fourth-order valence-corrected chi connectivity index (χ4v) is 3.06. The molecule has 1 heterocycles. The summed E-state index contributed by atoms with van der Waals surface area (Å²) in [5, 5.41) is 5.78. The Morgan fingerprint density at radius 1 is 1.10 bits per heavy atom. The maximum atomic E-state index is 4.45. The minimum Gasteiger partial charge on any atom is -0.316 e. The minimum atomic E-state index is 0.605. The zero-order valence-electron chi connectivity index (χ0n) is 13.3. The highest BCUT2D eigenvalue weighted by atomic mass is 32.1. The number of benzene rings is 1. The number of aromatic nitrogens is 1. The van der Waals surface area contributed by atoms with Gasteiger partial charge in [0, 0.05) is 5.38 Å². The summed E-state index contributed by atoms with van der Waals surface area (Å²) < 4.78 is 0. The van der Waals surface area contributed by atoms with Crippen molar-refractivity contribution in [1.82, 2.24) is 10.3 Å². The van der Waals surface area contributed by atoms with Crippen LogP contribution < -0.4 is 5.32 Å². The molecular weight excluding hydrogens is 276 g/mol. The van der Waals surface area contributed by atoms with Crippen LogP contribution in [-0.2, 0) is 12.8 Å². The van der Waals surface area contributed by atoms with Crippen molar-refractivity contribution in [3.05, 3.63) is 52.0 Å². The molecule has 114 valence electrons. The van der Waals surface area contributed by atoms with Gasteiger partial charge < -0.3 is 5.32 Å². The highest BCUT2D eigenvalue weighted by Crippen LogP contribution is 2.15. The molecule has 0 aliphatic rings. The molecule has 1 N–H and O–H groups in total. The van der Waals surface area contributed by atoms with Crippen LogP contribution in [0.2, 0.25) is 0 Å². The lowest BCUT2D eigenvalue weighted by molar-refractivity contribution is 0.443. The zero-order chi connectivity index (χ0) is 15.1. The molecule has 0 saturated heterocycles. The van der Waals surface area contributed by atoms with Gasteiger partial charge in [-0.25, -0.2) is 4.98 Å². The highest BCUT2D eigenvalue weighted by Gasteiger charge is 2.12. The number of nitrogens with zero attached hydrogens (tertiary/aromatic N) is 1. The van der Waals surface area contributed by atoms with Crippen molar-refractivity contribution < 1.29 is 0 Å². The Balaban J connectivity index is 1.95. The molecule has 21 heavy (non-hydrogen) atoms. The highest BCUT2D eigenvalue weighted by molar-refractivity contribution is 7.07. The molecule has 0 aliphatic carbocycles. The summed E-state index contributed by atoms with van der Waals surface area (Å²) in [4.78, 5) is 4.45. The second kappa shape index (κ2) is 8.30. The van der Waals surface area contributed by atoms with Crippen LogP contribution in [0.15, 0.2) is 35.2 Å². The lowest BCUT2D eigenvalue weighted by atomic mass is 9.94. The Labute approximate surface area is 132 Å². The van der Waals surface area contributed by atoms with Crippen LogP contribution in [0.3, 0.4) is 0 Å². The minimum absolute atomic E-state index is 0.605. The second-order valence-electron chi connectivity index (χ2n) is 6.29. The summed E-state index contributed by atoms with van der Waals surface area (Å²) >= 11 is 1.69. The molecule has 1 unspecified atom stereocenters. The Hall–Kier alpha value is -1.19. The predicted octanol–water partition coefficient (Wildman–Crippen LogP) is 4.10. The van der Waals surface area contributed by atoms with Gasteiger partial charge in [-0.15, -0.1) is 11.3 Å². The molecule has 0 aliphatic heterocycles. The quantitative estimate of drug-likeness (QED) is 0.794. The molecule has 3 heteroatoms. The first-order valence-electron chi connectivity index (χ1n) is 7.77. The fourth-order valence-electron chi connectivity index (χ4n) is 2.48. The van der Waals surface area contributed by atoms with Crippen molar-refractivity contribution in [1.29, 1.82) is 0 Å². The van der Waals surface area contributed by atoms with Gasteiger partial charge in [0.1, 0.15) is 0 Å². The number of nitrogens with one attached hydrogen (secondary N) is 1. The van der Waals surface area contributed by atoms with Crippen LogP contribution in [0, 0.1) is 18.8 Å². The monoisotopic (exact) mass is 302 g/mol. The van der Waals surface area contributed by atoms with Gasteiger partial charge in [0.05, 0.1) is 11.2 Å². The van der Waals surface area contributed by atoms with Crippen molar-refractivity contribution in [2.45, 2.75) is 33.6 Å². The summed E-state index contributed by atoms with van der Waals surface area (Å²) in [5.41, 5.74) is 5.91. The van der Waals surface area contributed by atoms with Crippen molar-refractivity contribution in [2.24, 2.45) is 11.8 Å². The average Bonchev–Trinajstić information content (AvgIpc) is 2.94. The second-order valence-corrected chi connectivity index (χ2v) is 7.01. The van der Waals surface area contributed by atoms with Crippen LogP contribution in [0.25, 0.3) is 0 Å². The summed E-state index contributed by atoms with van der Waals surface area (Å²) in [7, 11) is 0. The molecule has 0 bridgehead atoms. The van der Waals surface area contributed by atoms with E-state index in [2.05, 4.69) is 60.7 Å². The summed E-state index contributed by atoms with van der Waals surface area (Å²) in [6.45, 7) is 8.79. The van der Waals surface area contributed by atoms with E-state index in [1.165, 1.54) is 16.8 Å². The molecule has 1 atom stereocenters. The van der Waals surface area contributed by atoms with E-state index in [1.54, 1.807) is 11.3 Å². The molecule has 0 amide bonds. The molecule has 0 radical (unpaired) electrons. The van der Waals surface area contributed by atoms with E-state index in [4.69, 9.17) is 0 Å². The van der Waals surface area contributed by atoms with Crippen LogP contribution in [0.1, 0.15) is 30.7 Å². The lowest BCUT2D eigenvalue weighted by Gasteiger charge is -2.18. The lowest BCUT2D eigenvalue weighted by Crippen LogP contribution is -2.28. The van der Waals surface area contributed by atoms with Crippen molar-refractivity contribution in [3.63, 3.8) is 0 Å². The number of hydrogen-bond acceptors (Lipinski definition) is 3. The Morgan fingerprint density at radius 3 is 2.48 bits per heavy atom. The topological polar surface area (TPSA) is 24.9 Å². The Morgan fingerprint density at radius 2 is 1.86 bits per heavy atom. The summed E-state index contributed by atoms with van der Waals surface area (Å²) in [6, 6.07) is 8.92. The summed E-state index contributed by atoms with van der Waals surface area (Å²) in [5.74, 6) is 1.30. The van der Waals surface area contributed by atoms with E-state index in [0.29, 0.717) is 11.8 Å². The molecule has 2 aromatic rings. The molecule has 1 aromatic heterocycles. The standard InChI is InChI=1S/C18H26N2S/c1-14(2)10-19-11-17(9-18-12-21-13-20-18)8-16-6-4-15(3)5-7-16/h4-7,12-14,17,19H,8-11H2,1-3H3. The van der Waals surface area contributed by atoms with Gasteiger partial charge in [0.2, 0.25) is 0 Å². The normalized spacial score (nSPS) is 12.8. The third kappa shape index (κ3) is 5.98. The molecule has 0 fully saturated rings. The van der Waals surface area contributed by atoms with E-state index in [9.17, 15) is 0 Å². The molecule has 2 nitrogen and oxygen atoms in total. The third-order valence-electron chi connectivity index (χ3n) is 3.61. The molecule has 0 spiro atoms. The predicted molar refractivity (Wildman–Crippen MR) is 91.9 cm³/mol. The van der Waals surface area contributed by atoms with Gasteiger partial charge in [-0.2, -0.15) is 0 Å².